The van der Waals surface area contributed by atoms with Gasteiger partial charge in [-0.1, -0.05) is 22.0 Å². The molecule has 0 spiro atoms. The summed E-state index contributed by atoms with van der Waals surface area (Å²) in [6, 6.07) is 5.83. The normalized spacial score (nSPS) is 20.7. The van der Waals surface area contributed by atoms with Crippen LogP contribution in [0.4, 0.5) is 0 Å². The Morgan fingerprint density at radius 2 is 2.36 bits per heavy atom. The van der Waals surface area contributed by atoms with Crippen molar-refractivity contribution < 1.29 is 4.79 Å². The van der Waals surface area contributed by atoms with Crippen LogP contribution in [0.25, 0.3) is 0 Å². The fraction of sp³-hybridized carbons (Fsp3) is 0.300. The number of fused-ring (bicyclic) bond motifs is 1. The Hall–Kier alpha value is -0.320. The lowest BCUT2D eigenvalue weighted by molar-refractivity contribution is 0.0930. The van der Waals surface area contributed by atoms with Gasteiger partial charge in [0.1, 0.15) is 0 Å². The van der Waals surface area contributed by atoms with Gasteiger partial charge < -0.3 is 5.73 Å². The van der Waals surface area contributed by atoms with Crippen LogP contribution >= 0.6 is 27.7 Å². The summed E-state index contributed by atoms with van der Waals surface area (Å²) in [5, 5.41) is 0. The molecule has 0 aromatic heterocycles. The molecule has 1 heterocycles. The Balaban J connectivity index is 2.48. The Morgan fingerprint density at radius 1 is 1.57 bits per heavy atom. The SMILES string of the molecule is NCC1CSc2cccc(Br)c2C1=O. The van der Waals surface area contributed by atoms with Gasteiger partial charge in [0.05, 0.1) is 0 Å². The Bertz CT molecular complexity index is 380. The van der Waals surface area contributed by atoms with Gasteiger partial charge in [-0.05, 0) is 12.1 Å². The van der Waals surface area contributed by atoms with Crippen LogP contribution in [-0.4, -0.2) is 18.1 Å². The second-order valence-electron chi connectivity index (χ2n) is 3.22. The van der Waals surface area contributed by atoms with E-state index >= 15 is 0 Å². The molecular formula is C10H10BrNOS. The maximum atomic E-state index is 11.9. The molecule has 0 amide bonds. The lowest BCUT2D eigenvalue weighted by Gasteiger charge is -2.22. The van der Waals surface area contributed by atoms with Gasteiger partial charge in [-0.25, -0.2) is 0 Å². The van der Waals surface area contributed by atoms with Crippen molar-refractivity contribution in [1.82, 2.24) is 0 Å². The van der Waals surface area contributed by atoms with Gasteiger partial charge in [-0.15, -0.1) is 11.8 Å². The van der Waals surface area contributed by atoms with Gasteiger partial charge in [0.25, 0.3) is 0 Å². The highest BCUT2D eigenvalue weighted by Gasteiger charge is 2.28. The number of Topliss-reactive ketones (excluding diaryl/α,β-unsaturated/α-hetero) is 1. The van der Waals surface area contributed by atoms with Crippen molar-refractivity contribution >= 4 is 33.5 Å². The minimum absolute atomic E-state index is 0.0220. The summed E-state index contributed by atoms with van der Waals surface area (Å²) >= 11 is 5.11. The van der Waals surface area contributed by atoms with Crippen LogP contribution in [-0.2, 0) is 0 Å². The topological polar surface area (TPSA) is 43.1 Å². The van der Waals surface area contributed by atoms with E-state index in [1.54, 1.807) is 11.8 Å². The van der Waals surface area contributed by atoms with Crippen molar-refractivity contribution in [3.8, 4) is 0 Å². The Kier molecular flexibility index (Phi) is 2.95. The van der Waals surface area contributed by atoms with Crippen LogP contribution in [0.2, 0.25) is 0 Å². The number of hydrogen-bond donors (Lipinski definition) is 1. The molecule has 1 unspecified atom stereocenters. The van der Waals surface area contributed by atoms with Crippen LogP contribution in [0.5, 0.6) is 0 Å². The van der Waals surface area contributed by atoms with Gasteiger partial charge in [0.15, 0.2) is 5.78 Å². The Labute approximate surface area is 95.4 Å². The maximum Gasteiger partial charge on any atom is 0.170 e. The third-order valence-electron chi connectivity index (χ3n) is 2.32. The number of nitrogens with two attached hydrogens (primary N) is 1. The molecule has 14 heavy (non-hydrogen) atoms. The molecule has 0 fully saturated rings. The summed E-state index contributed by atoms with van der Waals surface area (Å²) in [5.41, 5.74) is 6.36. The average Bonchev–Trinajstić information content (AvgIpc) is 2.18. The highest BCUT2D eigenvalue weighted by Crippen LogP contribution is 2.36. The molecule has 0 aliphatic carbocycles. The van der Waals surface area contributed by atoms with Gasteiger partial charge >= 0.3 is 0 Å². The van der Waals surface area contributed by atoms with E-state index in [1.165, 1.54) is 0 Å². The second-order valence-corrected chi connectivity index (χ2v) is 5.14. The first-order valence-corrected chi connectivity index (χ1v) is 6.17. The average molecular weight is 272 g/mol. The van der Waals surface area contributed by atoms with Crippen LogP contribution in [0.1, 0.15) is 10.4 Å². The predicted molar refractivity (Wildman–Crippen MR) is 61.7 cm³/mol. The molecule has 0 saturated carbocycles. The van der Waals surface area contributed by atoms with Crippen LogP contribution in [0.15, 0.2) is 27.6 Å². The van der Waals surface area contributed by atoms with E-state index in [4.69, 9.17) is 5.73 Å². The fourth-order valence-corrected chi connectivity index (χ4v) is 3.40. The minimum Gasteiger partial charge on any atom is -0.330 e. The molecule has 1 aliphatic heterocycles. The Morgan fingerprint density at radius 3 is 3.07 bits per heavy atom. The number of carbonyl (C=O) groups excluding carboxylic acids is 1. The van der Waals surface area contributed by atoms with Crippen LogP contribution < -0.4 is 5.73 Å². The van der Waals surface area contributed by atoms with Crippen molar-refractivity contribution in [3.05, 3.63) is 28.2 Å². The van der Waals surface area contributed by atoms with E-state index in [1.807, 2.05) is 18.2 Å². The summed E-state index contributed by atoms with van der Waals surface area (Å²) in [7, 11) is 0. The lowest BCUT2D eigenvalue weighted by Crippen LogP contribution is -2.29. The molecule has 1 aliphatic rings. The third kappa shape index (κ3) is 1.62. The van der Waals surface area contributed by atoms with Crippen LogP contribution in [0.3, 0.4) is 0 Å². The molecule has 2 N–H and O–H groups in total. The monoisotopic (exact) mass is 271 g/mol. The van der Waals surface area contributed by atoms with Gasteiger partial charge in [0, 0.05) is 33.1 Å². The number of ketones is 1. The van der Waals surface area contributed by atoms with Crippen molar-refractivity contribution in [1.29, 1.82) is 0 Å². The second kappa shape index (κ2) is 4.04. The predicted octanol–water partition coefficient (Wildman–Crippen LogP) is 2.31. The number of carbonyl (C=O) groups is 1. The summed E-state index contributed by atoms with van der Waals surface area (Å²) < 4.78 is 0.880. The molecule has 4 heteroatoms. The molecular weight excluding hydrogens is 262 g/mol. The zero-order valence-electron chi connectivity index (χ0n) is 7.50. The largest absolute Gasteiger partial charge is 0.330 e. The summed E-state index contributed by atoms with van der Waals surface area (Å²) in [4.78, 5) is 13.0. The molecule has 2 nitrogen and oxygen atoms in total. The summed E-state index contributed by atoms with van der Waals surface area (Å²) in [5.74, 6) is 0.957. The molecule has 1 atom stereocenters. The van der Waals surface area contributed by atoms with Crippen molar-refractivity contribution in [3.63, 3.8) is 0 Å². The molecule has 2 rings (SSSR count). The zero-order valence-corrected chi connectivity index (χ0v) is 9.90. The number of hydrogen-bond acceptors (Lipinski definition) is 3. The fourth-order valence-electron chi connectivity index (χ4n) is 1.51. The van der Waals surface area contributed by atoms with Gasteiger partial charge in [-0.2, -0.15) is 0 Å². The number of rotatable bonds is 1. The van der Waals surface area contributed by atoms with Crippen molar-refractivity contribution in [2.24, 2.45) is 11.7 Å². The maximum absolute atomic E-state index is 11.9. The molecule has 0 radical (unpaired) electrons. The number of halogens is 1. The van der Waals surface area contributed by atoms with E-state index in [2.05, 4.69) is 15.9 Å². The van der Waals surface area contributed by atoms with Gasteiger partial charge in [0.2, 0.25) is 0 Å². The molecule has 1 aromatic rings. The first-order valence-electron chi connectivity index (χ1n) is 4.39. The number of benzene rings is 1. The molecule has 1 aromatic carbocycles. The molecule has 74 valence electrons. The first-order chi connectivity index (χ1) is 6.74. The summed E-state index contributed by atoms with van der Waals surface area (Å²) in [6.45, 7) is 0.437. The van der Waals surface area contributed by atoms with Crippen molar-refractivity contribution in [2.75, 3.05) is 12.3 Å². The summed E-state index contributed by atoms with van der Waals surface area (Å²) in [6.07, 6.45) is 0. The van der Waals surface area contributed by atoms with Gasteiger partial charge in [-0.3, -0.25) is 4.79 Å². The highest BCUT2D eigenvalue weighted by molar-refractivity contribution is 9.10. The zero-order chi connectivity index (χ0) is 10.1. The number of thioether (sulfide) groups is 1. The van der Waals surface area contributed by atoms with Crippen molar-refractivity contribution in [2.45, 2.75) is 4.90 Å². The minimum atomic E-state index is -0.0220. The van der Waals surface area contributed by atoms with E-state index in [9.17, 15) is 4.79 Å². The smallest absolute Gasteiger partial charge is 0.170 e. The van der Waals surface area contributed by atoms with E-state index < -0.39 is 0 Å². The standard InChI is InChI=1S/C10H10BrNOS/c11-7-2-1-3-8-9(7)10(13)6(4-12)5-14-8/h1-3,6H,4-5,12H2. The van der Waals surface area contributed by atoms with E-state index in [-0.39, 0.29) is 11.7 Å². The molecule has 0 bridgehead atoms. The highest BCUT2D eigenvalue weighted by atomic mass is 79.9. The lowest BCUT2D eigenvalue weighted by atomic mass is 9.99. The molecule has 0 saturated heterocycles. The quantitative estimate of drug-likeness (QED) is 0.853. The van der Waals surface area contributed by atoms with E-state index in [0.29, 0.717) is 6.54 Å². The first kappa shape index (κ1) is 10.2. The van der Waals surface area contributed by atoms with E-state index in [0.717, 1.165) is 20.7 Å². The third-order valence-corrected chi connectivity index (χ3v) is 4.20. The van der Waals surface area contributed by atoms with Crippen LogP contribution in [0, 0.1) is 5.92 Å².